The van der Waals surface area contributed by atoms with E-state index in [0.717, 1.165) is 23.4 Å². The molecule has 1 aliphatic rings. The zero-order valence-electron chi connectivity index (χ0n) is 16.6. The minimum absolute atomic E-state index is 0.0791. The Hall–Kier alpha value is -2.29. The number of rotatable bonds is 6. The van der Waals surface area contributed by atoms with Crippen molar-refractivity contribution in [2.24, 2.45) is 0 Å². The van der Waals surface area contributed by atoms with Crippen LogP contribution in [-0.4, -0.2) is 56.3 Å². The molecule has 1 fully saturated rings. The molecule has 1 amide bonds. The van der Waals surface area contributed by atoms with Gasteiger partial charge in [0, 0.05) is 31.9 Å². The van der Waals surface area contributed by atoms with E-state index in [9.17, 15) is 17.6 Å². The normalized spacial score (nSPS) is 16.1. The van der Waals surface area contributed by atoms with Gasteiger partial charge < -0.3 is 5.32 Å². The van der Waals surface area contributed by atoms with E-state index >= 15 is 0 Å². The summed E-state index contributed by atoms with van der Waals surface area (Å²) in [6.07, 6.45) is 0. The van der Waals surface area contributed by atoms with Crippen molar-refractivity contribution in [2.75, 3.05) is 38.0 Å². The van der Waals surface area contributed by atoms with Crippen LogP contribution in [0.3, 0.4) is 0 Å². The molecule has 1 aliphatic heterocycles. The second-order valence-electron chi connectivity index (χ2n) is 7.42. The molecule has 0 radical (unpaired) electrons. The second kappa shape index (κ2) is 9.02. The van der Waals surface area contributed by atoms with Gasteiger partial charge in [-0.15, -0.1) is 0 Å². The van der Waals surface area contributed by atoms with Crippen LogP contribution in [0.5, 0.6) is 0 Å². The van der Waals surface area contributed by atoms with E-state index in [-0.39, 0.29) is 30.4 Å². The summed E-state index contributed by atoms with van der Waals surface area (Å²) in [5.41, 5.74) is 1.89. The van der Waals surface area contributed by atoms with Gasteiger partial charge in [-0.1, -0.05) is 32.0 Å². The van der Waals surface area contributed by atoms with Crippen molar-refractivity contribution in [1.82, 2.24) is 9.21 Å². The SMILES string of the molecule is CC(C)c1ccccc1NC(=O)CN1CCN(S(=O)(=O)c2ccc(F)cc2)CC1. The first-order valence-electron chi connectivity index (χ1n) is 9.64. The standard InChI is InChI=1S/C21H26FN3O3S/c1-16(2)19-5-3-4-6-20(19)23-21(26)15-24-11-13-25(14-12-24)29(27,28)18-9-7-17(22)8-10-18/h3-10,16H,11-15H2,1-2H3,(H,23,26). The van der Waals surface area contributed by atoms with Crippen molar-refractivity contribution in [3.05, 3.63) is 59.9 Å². The molecule has 2 aromatic carbocycles. The number of benzene rings is 2. The third-order valence-electron chi connectivity index (χ3n) is 5.01. The van der Waals surface area contributed by atoms with Gasteiger partial charge in [0.1, 0.15) is 5.82 Å². The topological polar surface area (TPSA) is 69.7 Å². The Morgan fingerprint density at radius 3 is 2.28 bits per heavy atom. The smallest absolute Gasteiger partial charge is 0.243 e. The van der Waals surface area contributed by atoms with Crippen molar-refractivity contribution in [1.29, 1.82) is 0 Å². The van der Waals surface area contributed by atoms with Crippen LogP contribution >= 0.6 is 0 Å². The van der Waals surface area contributed by atoms with Crippen molar-refractivity contribution in [3.63, 3.8) is 0 Å². The highest BCUT2D eigenvalue weighted by Crippen LogP contribution is 2.24. The molecule has 0 spiro atoms. The molecule has 6 nitrogen and oxygen atoms in total. The van der Waals surface area contributed by atoms with Gasteiger partial charge in [-0.25, -0.2) is 12.8 Å². The third-order valence-corrected chi connectivity index (χ3v) is 6.92. The number of anilines is 1. The van der Waals surface area contributed by atoms with Crippen LogP contribution in [0.25, 0.3) is 0 Å². The van der Waals surface area contributed by atoms with E-state index in [1.165, 1.54) is 16.4 Å². The summed E-state index contributed by atoms with van der Waals surface area (Å²) in [5.74, 6) is -0.293. The van der Waals surface area contributed by atoms with Crippen LogP contribution in [0.15, 0.2) is 53.4 Å². The molecule has 1 N–H and O–H groups in total. The number of carbonyl (C=O) groups excluding carboxylic acids is 1. The number of sulfonamides is 1. The van der Waals surface area contributed by atoms with Gasteiger partial charge in [0.05, 0.1) is 11.4 Å². The molecule has 1 saturated heterocycles. The summed E-state index contributed by atoms with van der Waals surface area (Å²) in [6.45, 7) is 5.85. The maximum Gasteiger partial charge on any atom is 0.243 e. The summed E-state index contributed by atoms with van der Waals surface area (Å²) >= 11 is 0. The largest absolute Gasteiger partial charge is 0.325 e. The van der Waals surface area contributed by atoms with Gasteiger partial charge in [0.2, 0.25) is 15.9 Å². The highest BCUT2D eigenvalue weighted by atomic mass is 32.2. The van der Waals surface area contributed by atoms with Crippen LogP contribution in [-0.2, 0) is 14.8 Å². The fourth-order valence-corrected chi connectivity index (χ4v) is 4.81. The predicted octanol–water partition coefficient (Wildman–Crippen LogP) is 2.89. The molecule has 0 atom stereocenters. The average molecular weight is 420 g/mol. The molecule has 8 heteroatoms. The Bertz CT molecular complexity index is 953. The average Bonchev–Trinajstić information content (AvgIpc) is 2.69. The Morgan fingerprint density at radius 2 is 1.66 bits per heavy atom. The third kappa shape index (κ3) is 5.20. The lowest BCUT2D eigenvalue weighted by Gasteiger charge is -2.33. The van der Waals surface area contributed by atoms with E-state index in [4.69, 9.17) is 0 Å². The molecule has 0 bridgehead atoms. The van der Waals surface area contributed by atoms with Crippen LogP contribution in [0.1, 0.15) is 25.3 Å². The number of halogens is 1. The van der Waals surface area contributed by atoms with E-state index in [0.29, 0.717) is 19.0 Å². The number of para-hydroxylation sites is 1. The molecule has 156 valence electrons. The maximum atomic E-state index is 13.1. The lowest BCUT2D eigenvalue weighted by atomic mass is 10.0. The van der Waals surface area contributed by atoms with E-state index in [1.807, 2.05) is 29.2 Å². The lowest BCUT2D eigenvalue weighted by molar-refractivity contribution is -0.117. The molecular formula is C21H26FN3O3S. The summed E-state index contributed by atoms with van der Waals surface area (Å²) in [5, 5.41) is 2.96. The minimum Gasteiger partial charge on any atom is -0.325 e. The van der Waals surface area contributed by atoms with Crippen LogP contribution in [0, 0.1) is 5.82 Å². The van der Waals surface area contributed by atoms with Crippen molar-refractivity contribution in [2.45, 2.75) is 24.7 Å². The molecule has 0 aromatic heterocycles. The van der Waals surface area contributed by atoms with Crippen LogP contribution < -0.4 is 5.32 Å². The molecule has 0 aliphatic carbocycles. The van der Waals surface area contributed by atoms with Crippen molar-refractivity contribution in [3.8, 4) is 0 Å². The first kappa shape index (κ1) is 21.4. The number of amides is 1. The predicted molar refractivity (Wildman–Crippen MR) is 111 cm³/mol. The fourth-order valence-electron chi connectivity index (χ4n) is 3.39. The van der Waals surface area contributed by atoms with Crippen LogP contribution in [0.4, 0.5) is 10.1 Å². The van der Waals surface area contributed by atoms with Crippen molar-refractivity contribution < 1.29 is 17.6 Å². The summed E-state index contributed by atoms with van der Waals surface area (Å²) in [4.78, 5) is 14.5. The molecule has 0 unspecified atom stereocenters. The Kier molecular flexibility index (Phi) is 6.66. The van der Waals surface area contributed by atoms with Crippen LogP contribution in [0.2, 0.25) is 0 Å². The number of hydrogen-bond donors (Lipinski definition) is 1. The number of nitrogens with zero attached hydrogens (tertiary/aromatic N) is 2. The Balaban J connectivity index is 1.56. The minimum atomic E-state index is -3.65. The summed E-state index contributed by atoms with van der Waals surface area (Å²) in [6, 6.07) is 12.6. The van der Waals surface area contributed by atoms with Gasteiger partial charge in [-0.05, 0) is 41.8 Å². The van der Waals surface area contributed by atoms with Gasteiger partial charge in [-0.3, -0.25) is 9.69 Å². The Labute approximate surface area is 171 Å². The van der Waals surface area contributed by atoms with E-state index in [2.05, 4.69) is 19.2 Å². The quantitative estimate of drug-likeness (QED) is 0.782. The first-order valence-corrected chi connectivity index (χ1v) is 11.1. The van der Waals surface area contributed by atoms with Gasteiger partial charge >= 0.3 is 0 Å². The highest BCUT2D eigenvalue weighted by Gasteiger charge is 2.29. The molecule has 1 heterocycles. The molecule has 0 saturated carbocycles. The van der Waals surface area contributed by atoms with E-state index in [1.54, 1.807) is 0 Å². The van der Waals surface area contributed by atoms with Gasteiger partial charge in [-0.2, -0.15) is 4.31 Å². The molecule has 3 rings (SSSR count). The second-order valence-corrected chi connectivity index (χ2v) is 9.36. The summed E-state index contributed by atoms with van der Waals surface area (Å²) < 4.78 is 39.8. The zero-order valence-corrected chi connectivity index (χ0v) is 17.5. The number of piperazine rings is 1. The number of hydrogen-bond acceptors (Lipinski definition) is 4. The molecule has 2 aromatic rings. The van der Waals surface area contributed by atoms with Gasteiger partial charge in [0.25, 0.3) is 0 Å². The number of nitrogens with one attached hydrogen (secondary N) is 1. The van der Waals surface area contributed by atoms with E-state index < -0.39 is 15.8 Å². The zero-order chi connectivity index (χ0) is 21.0. The fraction of sp³-hybridized carbons (Fsp3) is 0.381. The highest BCUT2D eigenvalue weighted by molar-refractivity contribution is 7.89. The monoisotopic (exact) mass is 419 g/mol. The Morgan fingerprint density at radius 1 is 1.03 bits per heavy atom. The molecular weight excluding hydrogens is 393 g/mol. The first-order chi connectivity index (χ1) is 13.8. The number of carbonyl (C=O) groups is 1. The maximum absolute atomic E-state index is 13.1. The van der Waals surface area contributed by atoms with Crippen molar-refractivity contribution >= 4 is 21.6 Å². The summed E-state index contributed by atoms with van der Waals surface area (Å²) in [7, 11) is -3.65. The molecule has 29 heavy (non-hydrogen) atoms. The van der Waals surface area contributed by atoms with Gasteiger partial charge in [0.15, 0.2) is 0 Å². The lowest BCUT2D eigenvalue weighted by Crippen LogP contribution is -2.50.